The van der Waals surface area contributed by atoms with E-state index in [9.17, 15) is 15.0 Å². The van der Waals surface area contributed by atoms with Crippen molar-refractivity contribution in [3.63, 3.8) is 0 Å². The fraction of sp³-hybridized carbons (Fsp3) is 0.468. The van der Waals surface area contributed by atoms with E-state index in [1.807, 2.05) is 68.6 Å². The van der Waals surface area contributed by atoms with E-state index in [2.05, 4.69) is 71.0 Å². The molecule has 4 N–H and O–H groups in total. The number of aliphatic hydroxyl groups is 2. The second-order valence-corrected chi connectivity index (χ2v) is 17.2. The summed E-state index contributed by atoms with van der Waals surface area (Å²) in [6.45, 7) is 5.28. The second kappa shape index (κ2) is 16.2. The third kappa shape index (κ3) is 8.40. The molecular weight excluding hydrogens is 687 g/mol. The number of urea groups is 1. The highest BCUT2D eigenvalue weighted by Gasteiger charge is 2.51. The van der Waals surface area contributed by atoms with Crippen LogP contribution in [0.25, 0.3) is 11.1 Å². The molecule has 2 amide bonds. The molecule has 0 spiro atoms. The van der Waals surface area contributed by atoms with E-state index in [0.29, 0.717) is 13.1 Å². The minimum absolute atomic E-state index is 0.00396. The predicted molar refractivity (Wildman–Crippen MR) is 215 cm³/mol. The van der Waals surface area contributed by atoms with Gasteiger partial charge in [-0.3, -0.25) is 4.90 Å². The van der Waals surface area contributed by atoms with E-state index in [1.165, 1.54) is 19.3 Å². The molecule has 4 aliphatic carbocycles. The summed E-state index contributed by atoms with van der Waals surface area (Å²) in [7, 11) is 2.04. The molecule has 9 rings (SSSR count). The van der Waals surface area contributed by atoms with Gasteiger partial charge < -0.3 is 30.3 Å². The molecule has 290 valence electrons. The van der Waals surface area contributed by atoms with Gasteiger partial charge in [-0.25, -0.2) is 4.79 Å². The number of nitrogens with one attached hydrogen (secondary N) is 2. The normalized spacial score (nSPS) is 29.5. The molecule has 0 aromatic heterocycles. The van der Waals surface area contributed by atoms with E-state index in [1.54, 1.807) is 0 Å². The van der Waals surface area contributed by atoms with Gasteiger partial charge in [-0.1, -0.05) is 104 Å². The molecule has 0 unspecified atom stereocenters. The monoisotopic (exact) mass is 743 g/mol. The number of rotatable bonds is 12. The Kier molecular flexibility index (Phi) is 11.2. The van der Waals surface area contributed by atoms with E-state index >= 15 is 0 Å². The SMILES string of the molecule is C[C@@H]1[C@H](CN(C)[C@H](C)[C@@H](O)c2ccccc2)O[C@H](c2ccc(-c3cccc(CNC(=O)NC45CC6CC(CC(C6)C4)C5)c3)cc2)O[C@@H]1c1ccc(CO)cc1. The maximum Gasteiger partial charge on any atom is 0.315 e. The minimum Gasteiger partial charge on any atom is -0.392 e. The van der Waals surface area contributed by atoms with Crippen LogP contribution in [0.15, 0.2) is 103 Å². The summed E-state index contributed by atoms with van der Waals surface area (Å²) >= 11 is 0. The van der Waals surface area contributed by atoms with Crippen molar-refractivity contribution < 1.29 is 24.5 Å². The quantitative estimate of drug-likeness (QED) is 0.116. The van der Waals surface area contributed by atoms with Gasteiger partial charge in [0.25, 0.3) is 0 Å². The molecule has 8 nitrogen and oxygen atoms in total. The van der Waals surface area contributed by atoms with Crippen molar-refractivity contribution in [3.05, 3.63) is 131 Å². The Hall–Kier alpha value is -4.05. The van der Waals surface area contributed by atoms with Gasteiger partial charge in [0.1, 0.15) is 0 Å². The number of carbonyl (C=O) groups excluding carboxylic acids is 1. The molecule has 1 saturated heterocycles. The number of likely N-dealkylation sites (N-methyl/N-ethyl adjacent to an activating group) is 1. The van der Waals surface area contributed by atoms with Crippen molar-refractivity contribution in [2.24, 2.45) is 23.7 Å². The van der Waals surface area contributed by atoms with Crippen molar-refractivity contribution in [1.29, 1.82) is 0 Å². The van der Waals surface area contributed by atoms with Crippen LogP contribution in [0.1, 0.15) is 98.7 Å². The Bertz CT molecular complexity index is 1860. The predicted octanol–water partition coefficient (Wildman–Crippen LogP) is 8.46. The summed E-state index contributed by atoms with van der Waals surface area (Å²) in [5.74, 6) is 2.39. The minimum atomic E-state index is -0.635. The number of hydrogen-bond acceptors (Lipinski definition) is 6. The van der Waals surface area contributed by atoms with Crippen LogP contribution in [0, 0.1) is 23.7 Å². The van der Waals surface area contributed by atoms with Crippen LogP contribution in [0.5, 0.6) is 0 Å². The largest absolute Gasteiger partial charge is 0.392 e. The first kappa shape index (κ1) is 37.9. The molecule has 8 heteroatoms. The number of hydrogen-bond donors (Lipinski definition) is 4. The molecule has 4 aromatic rings. The summed E-state index contributed by atoms with van der Waals surface area (Å²) in [6.07, 6.45) is 5.85. The first-order valence-corrected chi connectivity index (χ1v) is 20.3. The molecule has 4 saturated carbocycles. The molecule has 4 aromatic carbocycles. The maximum atomic E-state index is 13.1. The van der Waals surface area contributed by atoms with Crippen molar-refractivity contribution in [2.45, 2.75) is 102 Å². The molecular formula is C47H57N3O5. The zero-order valence-corrected chi connectivity index (χ0v) is 32.4. The molecule has 1 heterocycles. The number of benzene rings is 4. The number of aliphatic hydroxyl groups excluding tert-OH is 2. The molecule has 5 fully saturated rings. The van der Waals surface area contributed by atoms with Gasteiger partial charge in [-0.2, -0.15) is 0 Å². The fourth-order valence-electron chi connectivity index (χ4n) is 10.4. The Morgan fingerprint density at radius 2 is 1.47 bits per heavy atom. The van der Waals surface area contributed by atoms with Gasteiger partial charge in [-0.15, -0.1) is 0 Å². The Morgan fingerprint density at radius 3 is 2.13 bits per heavy atom. The zero-order valence-electron chi connectivity index (χ0n) is 32.4. The van der Waals surface area contributed by atoms with Gasteiger partial charge in [0.2, 0.25) is 0 Å². The first-order chi connectivity index (χ1) is 26.6. The van der Waals surface area contributed by atoms with E-state index in [-0.39, 0.29) is 42.3 Å². The zero-order chi connectivity index (χ0) is 38.1. The number of nitrogens with zero attached hydrogens (tertiary/aromatic N) is 1. The van der Waals surface area contributed by atoms with Crippen molar-refractivity contribution in [3.8, 4) is 11.1 Å². The van der Waals surface area contributed by atoms with Crippen LogP contribution >= 0.6 is 0 Å². The van der Waals surface area contributed by atoms with Gasteiger partial charge in [0.05, 0.1) is 24.9 Å². The summed E-state index contributed by atoms with van der Waals surface area (Å²) in [4.78, 5) is 15.3. The van der Waals surface area contributed by atoms with Gasteiger partial charge >= 0.3 is 6.03 Å². The highest BCUT2D eigenvalue weighted by atomic mass is 16.7. The van der Waals surface area contributed by atoms with Crippen LogP contribution in [-0.2, 0) is 22.6 Å². The molecule has 1 aliphatic heterocycles. The van der Waals surface area contributed by atoms with E-state index in [4.69, 9.17) is 9.47 Å². The topological polar surface area (TPSA) is 103 Å². The standard InChI is InChI=1S/C47H57N3O5/c1-30-42(28-50(3)31(2)43(52)38-9-5-4-6-10-38)54-45(55-44(30)39-14-12-32(29-51)13-15-39)40-18-16-37(17-19-40)41-11-7-8-33(23-41)27-48-46(53)49-47-24-34-20-35(25-47)22-36(21-34)26-47/h4-19,23,30-31,34-36,42-45,51-52H,20-22,24-29H2,1-3H3,(H2,48,49,53)/t30-,31-,34?,35?,36?,42+,43-,44+,45+,47?/m1/s1. The van der Waals surface area contributed by atoms with Crippen LogP contribution in [0.4, 0.5) is 4.79 Å². The van der Waals surface area contributed by atoms with Crippen LogP contribution in [-0.4, -0.2) is 52.4 Å². The highest BCUT2D eigenvalue weighted by Crippen LogP contribution is 2.55. The van der Waals surface area contributed by atoms with Crippen molar-refractivity contribution in [2.75, 3.05) is 13.6 Å². The fourth-order valence-corrected chi connectivity index (χ4v) is 10.4. The lowest BCUT2D eigenvalue weighted by Crippen LogP contribution is -2.61. The number of carbonyl (C=O) groups is 1. The molecule has 5 aliphatic rings. The Morgan fingerprint density at radius 1 is 0.818 bits per heavy atom. The molecule has 0 radical (unpaired) electrons. The molecule has 6 atom stereocenters. The second-order valence-electron chi connectivity index (χ2n) is 17.2. The van der Waals surface area contributed by atoms with Crippen molar-refractivity contribution in [1.82, 2.24) is 15.5 Å². The average molecular weight is 744 g/mol. The van der Waals surface area contributed by atoms with E-state index < -0.39 is 12.4 Å². The number of ether oxygens (including phenoxy) is 2. The summed E-state index contributed by atoms with van der Waals surface area (Å²) in [5, 5.41) is 27.5. The smallest absolute Gasteiger partial charge is 0.315 e. The van der Waals surface area contributed by atoms with Gasteiger partial charge in [-0.05, 0) is 110 Å². The lowest BCUT2D eigenvalue weighted by atomic mass is 9.53. The Balaban J connectivity index is 0.942. The first-order valence-electron chi connectivity index (χ1n) is 20.3. The lowest BCUT2D eigenvalue weighted by molar-refractivity contribution is -0.276. The third-order valence-corrected chi connectivity index (χ3v) is 13.2. The lowest BCUT2D eigenvalue weighted by Gasteiger charge is -2.56. The molecule has 55 heavy (non-hydrogen) atoms. The summed E-state index contributed by atoms with van der Waals surface area (Å²) in [6, 6.07) is 34.3. The summed E-state index contributed by atoms with van der Waals surface area (Å²) < 4.78 is 13.5. The van der Waals surface area contributed by atoms with E-state index in [0.717, 1.165) is 76.0 Å². The summed E-state index contributed by atoms with van der Waals surface area (Å²) in [5.41, 5.74) is 6.93. The molecule has 4 bridgehead atoms. The highest BCUT2D eigenvalue weighted by molar-refractivity contribution is 5.75. The Labute approximate surface area is 326 Å². The van der Waals surface area contributed by atoms with Gasteiger partial charge in [0, 0.05) is 36.2 Å². The van der Waals surface area contributed by atoms with Crippen molar-refractivity contribution >= 4 is 6.03 Å². The maximum absolute atomic E-state index is 13.1. The third-order valence-electron chi connectivity index (χ3n) is 13.2. The number of amides is 2. The van der Waals surface area contributed by atoms with Crippen LogP contribution in [0.3, 0.4) is 0 Å². The van der Waals surface area contributed by atoms with Crippen LogP contribution < -0.4 is 10.6 Å². The van der Waals surface area contributed by atoms with Gasteiger partial charge in [0.15, 0.2) is 6.29 Å². The van der Waals surface area contributed by atoms with Crippen LogP contribution in [0.2, 0.25) is 0 Å². The average Bonchev–Trinajstić information content (AvgIpc) is 3.20.